The Balaban J connectivity index is 2.53. The van der Waals surface area contributed by atoms with E-state index in [2.05, 4.69) is 10.1 Å². The summed E-state index contributed by atoms with van der Waals surface area (Å²) in [5.41, 5.74) is 1.11. The number of hydrogen-bond donors (Lipinski definition) is 0. The average molecular weight is 165 g/mol. The predicted octanol–water partition coefficient (Wildman–Crippen LogP) is 1.64. The summed E-state index contributed by atoms with van der Waals surface area (Å²) < 4.78 is 1.82. The molecular weight excluding hydrogens is 158 g/mol. The number of aryl methyl sites for hydroxylation is 1. The van der Waals surface area contributed by atoms with Crippen molar-refractivity contribution < 1.29 is 0 Å². The largest absolute Gasteiger partial charge is 0.227 e. The summed E-state index contributed by atoms with van der Waals surface area (Å²) in [6, 6.07) is 1.96. The number of nitrogens with zero attached hydrogens (tertiary/aromatic N) is 3. The van der Waals surface area contributed by atoms with Gasteiger partial charge in [0.1, 0.15) is 0 Å². The van der Waals surface area contributed by atoms with Gasteiger partial charge in [0.2, 0.25) is 5.13 Å². The molecule has 0 amide bonds. The Hall–Kier alpha value is -1.16. The second-order valence-electron chi connectivity index (χ2n) is 2.20. The van der Waals surface area contributed by atoms with Gasteiger partial charge >= 0.3 is 0 Å². The fourth-order valence-electron chi connectivity index (χ4n) is 0.890. The first-order chi connectivity index (χ1) is 5.38. The maximum Gasteiger partial charge on any atom is 0.210 e. The summed E-state index contributed by atoms with van der Waals surface area (Å²) in [5, 5.41) is 6.99. The molecule has 0 atom stereocenters. The lowest BCUT2D eigenvalue weighted by Crippen LogP contribution is -1.96. The molecule has 56 valence electrons. The monoisotopic (exact) mass is 165 g/mol. The molecule has 2 heterocycles. The van der Waals surface area contributed by atoms with Gasteiger partial charge in [0, 0.05) is 23.5 Å². The van der Waals surface area contributed by atoms with Crippen molar-refractivity contribution in [3.8, 4) is 5.13 Å². The molecule has 0 N–H and O–H groups in total. The van der Waals surface area contributed by atoms with Crippen LogP contribution in [0.15, 0.2) is 23.8 Å². The molecule has 4 heteroatoms. The molecule has 0 saturated heterocycles. The lowest BCUT2D eigenvalue weighted by Gasteiger charge is -1.95. The first-order valence-corrected chi connectivity index (χ1v) is 4.16. The molecule has 2 rings (SSSR count). The van der Waals surface area contributed by atoms with Crippen LogP contribution in [0.25, 0.3) is 5.13 Å². The van der Waals surface area contributed by atoms with Crippen molar-refractivity contribution in [2.75, 3.05) is 0 Å². The number of hydrogen-bond acceptors (Lipinski definition) is 3. The Bertz CT molecular complexity index is 336. The van der Waals surface area contributed by atoms with Gasteiger partial charge in [0.15, 0.2) is 0 Å². The van der Waals surface area contributed by atoms with Crippen LogP contribution in [0.3, 0.4) is 0 Å². The maximum absolute atomic E-state index is 4.14. The van der Waals surface area contributed by atoms with Crippen LogP contribution in [0.4, 0.5) is 0 Å². The van der Waals surface area contributed by atoms with Crippen molar-refractivity contribution in [2.45, 2.75) is 6.92 Å². The molecule has 0 saturated carbocycles. The van der Waals surface area contributed by atoms with E-state index in [1.54, 1.807) is 23.7 Å². The molecule has 0 aliphatic rings. The third-order valence-corrected chi connectivity index (χ3v) is 2.18. The van der Waals surface area contributed by atoms with Crippen LogP contribution >= 0.6 is 11.3 Å². The molecule has 0 radical (unpaired) electrons. The molecule has 0 bridgehead atoms. The van der Waals surface area contributed by atoms with E-state index >= 15 is 0 Å². The van der Waals surface area contributed by atoms with Gasteiger partial charge in [0.05, 0.1) is 0 Å². The molecule has 2 aromatic heterocycles. The molecule has 0 fully saturated rings. The lowest BCUT2D eigenvalue weighted by molar-refractivity contribution is 0.838. The normalized spacial score (nSPS) is 10.3. The predicted molar refractivity (Wildman–Crippen MR) is 44.0 cm³/mol. The Kier molecular flexibility index (Phi) is 1.47. The lowest BCUT2D eigenvalue weighted by atomic mass is 10.5. The SMILES string of the molecule is Cc1ccnn1-c1nccs1. The first-order valence-electron chi connectivity index (χ1n) is 3.28. The minimum atomic E-state index is 0.924. The number of aromatic nitrogens is 3. The fraction of sp³-hybridized carbons (Fsp3) is 0.143. The van der Waals surface area contributed by atoms with E-state index in [-0.39, 0.29) is 0 Å². The zero-order chi connectivity index (χ0) is 7.68. The summed E-state index contributed by atoms with van der Waals surface area (Å²) >= 11 is 1.58. The standard InChI is InChI=1S/C7H7N3S/c1-6-2-3-9-10(6)7-8-4-5-11-7/h2-5H,1H3. The Morgan fingerprint density at radius 3 is 2.91 bits per heavy atom. The second-order valence-corrected chi connectivity index (χ2v) is 3.07. The van der Waals surface area contributed by atoms with Gasteiger partial charge in [-0.3, -0.25) is 0 Å². The van der Waals surface area contributed by atoms with Gasteiger partial charge in [0.25, 0.3) is 0 Å². The Labute approximate surface area is 68.3 Å². The van der Waals surface area contributed by atoms with Crippen LogP contribution in [0.1, 0.15) is 5.69 Å². The quantitative estimate of drug-likeness (QED) is 0.643. The van der Waals surface area contributed by atoms with Crippen LogP contribution in [0.2, 0.25) is 0 Å². The smallest absolute Gasteiger partial charge is 0.210 e. The third-order valence-electron chi connectivity index (χ3n) is 1.43. The minimum Gasteiger partial charge on any atom is -0.227 e. The van der Waals surface area contributed by atoms with Crippen molar-refractivity contribution >= 4 is 11.3 Å². The van der Waals surface area contributed by atoms with Crippen molar-refractivity contribution in [1.82, 2.24) is 14.8 Å². The van der Waals surface area contributed by atoms with Gasteiger partial charge in [-0.05, 0) is 13.0 Å². The van der Waals surface area contributed by atoms with Crippen LogP contribution in [-0.4, -0.2) is 14.8 Å². The molecule has 0 spiro atoms. The highest BCUT2D eigenvalue weighted by molar-refractivity contribution is 7.12. The topological polar surface area (TPSA) is 30.7 Å². The fourth-order valence-corrected chi connectivity index (χ4v) is 1.55. The van der Waals surface area contributed by atoms with Crippen LogP contribution in [-0.2, 0) is 0 Å². The molecule has 11 heavy (non-hydrogen) atoms. The molecule has 2 aromatic rings. The molecule has 0 aliphatic carbocycles. The highest BCUT2D eigenvalue weighted by Crippen LogP contribution is 2.11. The molecular formula is C7H7N3S. The number of rotatable bonds is 1. The zero-order valence-corrected chi connectivity index (χ0v) is 6.88. The molecule has 3 nitrogen and oxygen atoms in total. The summed E-state index contributed by atoms with van der Waals surface area (Å²) in [5.74, 6) is 0. The van der Waals surface area contributed by atoms with Gasteiger partial charge in [-0.2, -0.15) is 5.10 Å². The molecule has 0 unspecified atom stereocenters. The van der Waals surface area contributed by atoms with Crippen molar-refractivity contribution in [3.05, 3.63) is 29.5 Å². The first kappa shape index (κ1) is 6.54. The van der Waals surface area contributed by atoms with E-state index in [4.69, 9.17) is 0 Å². The van der Waals surface area contributed by atoms with E-state index in [1.165, 1.54) is 0 Å². The minimum absolute atomic E-state index is 0.924. The summed E-state index contributed by atoms with van der Waals surface area (Å²) in [6.07, 6.45) is 3.55. The van der Waals surface area contributed by atoms with E-state index < -0.39 is 0 Å². The van der Waals surface area contributed by atoms with E-state index in [9.17, 15) is 0 Å². The van der Waals surface area contributed by atoms with Crippen molar-refractivity contribution in [3.63, 3.8) is 0 Å². The van der Waals surface area contributed by atoms with Gasteiger partial charge in [-0.25, -0.2) is 9.67 Å². The second kappa shape index (κ2) is 2.47. The van der Waals surface area contributed by atoms with Gasteiger partial charge in [-0.1, -0.05) is 0 Å². The van der Waals surface area contributed by atoms with E-state index in [1.807, 2.05) is 23.1 Å². The molecule has 0 aromatic carbocycles. The van der Waals surface area contributed by atoms with Gasteiger partial charge in [-0.15, -0.1) is 11.3 Å². The highest BCUT2D eigenvalue weighted by atomic mass is 32.1. The zero-order valence-electron chi connectivity index (χ0n) is 6.06. The van der Waals surface area contributed by atoms with E-state index in [0.29, 0.717) is 0 Å². The Morgan fingerprint density at radius 2 is 2.36 bits per heavy atom. The molecule has 0 aliphatic heterocycles. The average Bonchev–Trinajstić information content (AvgIpc) is 2.55. The number of thiazole rings is 1. The Morgan fingerprint density at radius 1 is 1.45 bits per heavy atom. The maximum atomic E-state index is 4.14. The van der Waals surface area contributed by atoms with Crippen LogP contribution < -0.4 is 0 Å². The van der Waals surface area contributed by atoms with E-state index in [0.717, 1.165) is 10.8 Å². The van der Waals surface area contributed by atoms with Crippen molar-refractivity contribution in [2.24, 2.45) is 0 Å². The van der Waals surface area contributed by atoms with Crippen LogP contribution in [0.5, 0.6) is 0 Å². The van der Waals surface area contributed by atoms with Crippen molar-refractivity contribution in [1.29, 1.82) is 0 Å². The van der Waals surface area contributed by atoms with Gasteiger partial charge < -0.3 is 0 Å². The highest BCUT2D eigenvalue weighted by Gasteiger charge is 2.00. The summed E-state index contributed by atoms with van der Waals surface area (Å²) in [7, 11) is 0. The summed E-state index contributed by atoms with van der Waals surface area (Å²) in [4.78, 5) is 4.14. The third kappa shape index (κ3) is 1.05. The van der Waals surface area contributed by atoms with Crippen LogP contribution in [0, 0.1) is 6.92 Å². The summed E-state index contributed by atoms with van der Waals surface area (Å²) in [6.45, 7) is 2.01.